The van der Waals surface area contributed by atoms with Gasteiger partial charge in [0.15, 0.2) is 0 Å². The summed E-state index contributed by atoms with van der Waals surface area (Å²) in [5.41, 5.74) is 6.60. The number of hydrogen-bond acceptors (Lipinski definition) is 5. The molecule has 0 saturated carbocycles. The van der Waals surface area contributed by atoms with Crippen molar-refractivity contribution in [3.63, 3.8) is 0 Å². The number of nitrogens with zero attached hydrogens (tertiary/aromatic N) is 3. The van der Waals surface area contributed by atoms with E-state index >= 15 is 0 Å². The number of ether oxygens (including phenoxy) is 1. The number of benzene rings is 3. The van der Waals surface area contributed by atoms with E-state index in [0.717, 1.165) is 34.6 Å². The van der Waals surface area contributed by atoms with Crippen LogP contribution >= 0.6 is 0 Å². The van der Waals surface area contributed by atoms with Gasteiger partial charge in [-0.2, -0.15) is 5.10 Å². The molecule has 0 saturated heterocycles. The van der Waals surface area contributed by atoms with Crippen molar-refractivity contribution in [2.45, 2.75) is 32.5 Å². The summed E-state index contributed by atoms with van der Waals surface area (Å²) in [5, 5.41) is 18.0. The molecule has 0 amide bonds. The summed E-state index contributed by atoms with van der Waals surface area (Å²) in [6, 6.07) is 21.0. The van der Waals surface area contributed by atoms with Gasteiger partial charge in [0.25, 0.3) is 5.69 Å². The van der Waals surface area contributed by atoms with Crippen LogP contribution in [0.15, 0.2) is 71.8 Å². The highest BCUT2D eigenvalue weighted by atomic mass is 16.6. The molecule has 30 heavy (non-hydrogen) atoms. The first-order chi connectivity index (χ1) is 14.5. The van der Waals surface area contributed by atoms with E-state index in [9.17, 15) is 10.1 Å². The maximum Gasteiger partial charge on any atom is 0.269 e. The minimum absolute atomic E-state index is 0.0602. The van der Waals surface area contributed by atoms with E-state index in [1.54, 1.807) is 12.1 Å². The number of para-hydroxylation sites is 1. The topological polar surface area (TPSA) is 68.0 Å². The molecule has 5 rings (SSSR count). The SMILES string of the molecule is Cc1ccc(C)c(C2=NN3[C@@H](C2)c2ccccc2O[C@H]3c2ccc([N+](=O)[O-])cc2)c1. The minimum Gasteiger partial charge on any atom is -0.464 e. The van der Waals surface area contributed by atoms with E-state index < -0.39 is 11.2 Å². The van der Waals surface area contributed by atoms with Crippen LogP contribution in [0.1, 0.15) is 46.5 Å². The number of hydrazone groups is 1. The lowest BCUT2D eigenvalue weighted by molar-refractivity contribution is -0.384. The fourth-order valence-electron chi connectivity index (χ4n) is 4.22. The molecule has 0 fully saturated rings. The third-order valence-electron chi connectivity index (χ3n) is 5.79. The normalized spacial score (nSPS) is 19.5. The Morgan fingerprint density at radius 1 is 1.07 bits per heavy atom. The molecule has 2 aliphatic rings. The number of fused-ring (bicyclic) bond motifs is 3. The van der Waals surface area contributed by atoms with Crippen LogP contribution in [-0.4, -0.2) is 15.6 Å². The van der Waals surface area contributed by atoms with Crippen LogP contribution < -0.4 is 4.74 Å². The summed E-state index contributed by atoms with van der Waals surface area (Å²) in [5.74, 6) is 0.833. The van der Waals surface area contributed by atoms with Crippen LogP contribution in [0.25, 0.3) is 0 Å². The summed E-state index contributed by atoms with van der Waals surface area (Å²) >= 11 is 0. The van der Waals surface area contributed by atoms with E-state index in [-0.39, 0.29) is 11.7 Å². The highest BCUT2D eigenvalue weighted by molar-refractivity contribution is 6.03. The zero-order chi connectivity index (χ0) is 20.8. The third kappa shape index (κ3) is 3.01. The molecule has 0 radical (unpaired) electrons. The predicted molar refractivity (Wildman–Crippen MR) is 115 cm³/mol. The standard InChI is InChI=1S/C24H21N3O3/c1-15-7-8-16(2)20(13-15)21-14-22-19-5-3-4-6-23(19)30-24(26(22)25-21)17-9-11-18(12-10-17)27(28)29/h3-13,22,24H,14H2,1-2H3/t22-,24-/m0/s1. The zero-order valence-corrected chi connectivity index (χ0v) is 16.8. The molecule has 6 nitrogen and oxygen atoms in total. The highest BCUT2D eigenvalue weighted by Crippen LogP contribution is 2.47. The summed E-state index contributed by atoms with van der Waals surface area (Å²) in [6.45, 7) is 4.19. The molecular formula is C24H21N3O3. The molecule has 2 heterocycles. The summed E-state index contributed by atoms with van der Waals surface area (Å²) in [4.78, 5) is 10.6. The lowest BCUT2D eigenvalue weighted by Crippen LogP contribution is -2.33. The molecule has 2 atom stereocenters. The van der Waals surface area contributed by atoms with Crippen molar-refractivity contribution in [2.75, 3.05) is 0 Å². The summed E-state index contributed by atoms with van der Waals surface area (Å²) < 4.78 is 6.32. The molecule has 0 N–H and O–H groups in total. The van der Waals surface area contributed by atoms with Crippen LogP contribution in [0.5, 0.6) is 5.75 Å². The highest BCUT2D eigenvalue weighted by Gasteiger charge is 2.41. The maximum atomic E-state index is 11.0. The van der Waals surface area contributed by atoms with Gasteiger partial charge in [-0.3, -0.25) is 10.1 Å². The largest absolute Gasteiger partial charge is 0.464 e. The molecule has 0 aromatic heterocycles. The molecule has 150 valence electrons. The molecule has 2 aliphatic heterocycles. The average molecular weight is 399 g/mol. The van der Waals surface area contributed by atoms with Gasteiger partial charge in [0, 0.05) is 35.2 Å². The number of rotatable bonds is 3. The summed E-state index contributed by atoms with van der Waals surface area (Å²) in [7, 11) is 0. The molecule has 0 spiro atoms. The van der Waals surface area contributed by atoms with E-state index in [0.29, 0.717) is 0 Å². The Labute approximate surface area is 174 Å². The van der Waals surface area contributed by atoms with Crippen LogP contribution in [0.2, 0.25) is 0 Å². The van der Waals surface area contributed by atoms with Crippen LogP contribution in [0.4, 0.5) is 5.69 Å². The second-order valence-corrected chi connectivity index (χ2v) is 7.82. The third-order valence-corrected chi connectivity index (χ3v) is 5.79. The van der Waals surface area contributed by atoms with Crippen molar-refractivity contribution in [2.24, 2.45) is 5.10 Å². The second kappa shape index (κ2) is 6.99. The maximum absolute atomic E-state index is 11.0. The van der Waals surface area contributed by atoms with Gasteiger partial charge in [-0.15, -0.1) is 0 Å². The second-order valence-electron chi connectivity index (χ2n) is 7.82. The molecule has 0 aliphatic carbocycles. The van der Waals surface area contributed by atoms with E-state index in [1.165, 1.54) is 23.3 Å². The number of non-ortho nitro benzene ring substituents is 1. The molecule has 3 aromatic carbocycles. The van der Waals surface area contributed by atoms with Crippen molar-refractivity contribution in [3.05, 3.63) is 105 Å². The first-order valence-electron chi connectivity index (χ1n) is 9.94. The van der Waals surface area contributed by atoms with Crippen molar-refractivity contribution >= 4 is 11.4 Å². The van der Waals surface area contributed by atoms with Crippen LogP contribution in [-0.2, 0) is 0 Å². The predicted octanol–water partition coefficient (Wildman–Crippen LogP) is 5.45. The van der Waals surface area contributed by atoms with E-state index in [2.05, 4.69) is 38.1 Å². The number of aryl methyl sites for hydroxylation is 2. The van der Waals surface area contributed by atoms with Gasteiger partial charge in [0.1, 0.15) is 5.75 Å². The van der Waals surface area contributed by atoms with Gasteiger partial charge in [0.2, 0.25) is 6.23 Å². The molecule has 3 aromatic rings. The van der Waals surface area contributed by atoms with Gasteiger partial charge >= 0.3 is 0 Å². The van der Waals surface area contributed by atoms with Crippen molar-refractivity contribution in [1.82, 2.24) is 5.01 Å². The van der Waals surface area contributed by atoms with Gasteiger partial charge < -0.3 is 4.74 Å². The number of nitro groups is 1. The Morgan fingerprint density at radius 3 is 2.60 bits per heavy atom. The van der Waals surface area contributed by atoms with Crippen molar-refractivity contribution in [3.8, 4) is 5.75 Å². The fourth-order valence-corrected chi connectivity index (χ4v) is 4.22. The van der Waals surface area contributed by atoms with Crippen LogP contribution in [0, 0.1) is 24.0 Å². The summed E-state index contributed by atoms with van der Waals surface area (Å²) in [6.07, 6.45) is 0.349. The molecule has 6 heteroatoms. The van der Waals surface area contributed by atoms with Crippen LogP contribution in [0.3, 0.4) is 0 Å². The lowest BCUT2D eigenvalue weighted by Gasteiger charge is -2.38. The van der Waals surface area contributed by atoms with Gasteiger partial charge in [-0.05, 0) is 43.7 Å². The Hall–Kier alpha value is -3.67. The smallest absolute Gasteiger partial charge is 0.269 e. The minimum atomic E-state index is -0.437. The number of nitro benzene ring substituents is 1. The number of hydrogen-bond donors (Lipinski definition) is 0. The Kier molecular flexibility index (Phi) is 4.28. The van der Waals surface area contributed by atoms with Crippen molar-refractivity contribution < 1.29 is 9.66 Å². The molecule has 0 unspecified atom stereocenters. The van der Waals surface area contributed by atoms with Gasteiger partial charge in [-0.1, -0.05) is 35.9 Å². The Morgan fingerprint density at radius 2 is 1.83 bits per heavy atom. The molecule has 0 bridgehead atoms. The van der Waals surface area contributed by atoms with Gasteiger partial charge in [0.05, 0.1) is 16.7 Å². The lowest BCUT2D eigenvalue weighted by atomic mass is 9.93. The Bertz CT molecular complexity index is 1170. The first-order valence-corrected chi connectivity index (χ1v) is 9.94. The quantitative estimate of drug-likeness (QED) is 0.434. The fraction of sp³-hybridized carbons (Fsp3) is 0.208. The van der Waals surface area contributed by atoms with Crippen molar-refractivity contribution in [1.29, 1.82) is 0 Å². The van der Waals surface area contributed by atoms with E-state index in [4.69, 9.17) is 9.84 Å². The van der Waals surface area contributed by atoms with E-state index in [1.807, 2.05) is 23.2 Å². The first kappa shape index (κ1) is 18.4. The van der Waals surface area contributed by atoms with Gasteiger partial charge in [-0.25, -0.2) is 5.01 Å². The molecular weight excluding hydrogens is 378 g/mol. The average Bonchev–Trinajstić information content (AvgIpc) is 3.20. The zero-order valence-electron chi connectivity index (χ0n) is 16.8. The Balaban J connectivity index is 1.59. The monoisotopic (exact) mass is 399 g/mol.